The summed E-state index contributed by atoms with van der Waals surface area (Å²) in [5, 5.41) is 13.1. The highest BCUT2D eigenvalue weighted by Crippen LogP contribution is 2.12. The van der Waals surface area contributed by atoms with E-state index in [4.69, 9.17) is 0 Å². The van der Waals surface area contributed by atoms with Crippen LogP contribution in [-0.4, -0.2) is 52.5 Å². The number of aliphatic hydroxyl groups excluding tert-OH is 1. The highest BCUT2D eigenvalue weighted by atomic mass is 16.3. The van der Waals surface area contributed by atoms with Gasteiger partial charge in [-0.3, -0.25) is 9.59 Å². The summed E-state index contributed by atoms with van der Waals surface area (Å²) < 4.78 is 0. The molecule has 1 heterocycles. The van der Waals surface area contributed by atoms with Gasteiger partial charge in [-0.05, 0) is 25.0 Å². The normalized spacial score (nSPS) is 12.0. The molecule has 0 saturated carbocycles. The first-order chi connectivity index (χ1) is 12.1. The van der Waals surface area contributed by atoms with E-state index in [1.165, 1.54) is 0 Å². The van der Waals surface area contributed by atoms with Crippen LogP contribution in [0.15, 0.2) is 36.4 Å². The van der Waals surface area contributed by atoms with E-state index >= 15 is 0 Å². The van der Waals surface area contributed by atoms with Crippen molar-refractivity contribution < 1.29 is 14.7 Å². The number of fused-ring (bicyclic) bond motifs is 1. The van der Waals surface area contributed by atoms with Gasteiger partial charge >= 0.3 is 0 Å². The fourth-order valence-electron chi connectivity index (χ4n) is 2.70. The second-order valence-electron chi connectivity index (χ2n) is 5.92. The molecule has 0 aliphatic carbocycles. The molecule has 134 valence electrons. The van der Waals surface area contributed by atoms with Crippen molar-refractivity contribution in [2.45, 2.75) is 32.7 Å². The van der Waals surface area contributed by atoms with Crippen LogP contribution in [0.25, 0.3) is 10.9 Å². The van der Waals surface area contributed by atoms with E-state index in [0.29, 0.717) is 18.6 Å². The number of aromatic nitrogens is 1. The maximum absolute atomic E-state index is 12.6. The third-order valence-corrected chi connectivity index (χ3v) is 3.92. The Morgan fingerprint density at radius 1 is 1.12 bits per heavy atom. The summed E-state index contributed by atoms with van der Waals surface area (Å²) in [6.45, 7) is 4.74. The number of para-hydroxylation sites is 1. The Labute approximate surface area is 147 Å². The molecule has 0 bridgehead atoms. The average molecular weight is 343 g/mol. The van der Waals surface area contributed by atoms with Crippen molar-refractivity contribution in [1.29, 1.82) is 0 Å². The summed E-state index contributed by atoms with van der Waals surface area (Å²) >= 11 is 0. The number of rotatable bonds is 8. The quantitative estimate of drug-likeness (QED) is 0.768. The molecule has 6 nitrogen and oxygen atoms in total. The molecule has 6 heteroatoms. The third kappa shape index (κ3) is 4.76. The number of hydrogen-bond acceptors (Lipinski definition) is 4. The molecular weight excluding hydrogens is 318 g/mol. The molecule has 1 atom stereocenters. The second-order valence-corrected chi connectivity index (χ2v) is 5.92. The van der Waals surface area contributed by atoms with E-state index in [1.54, 1.807) is 11.0 Å². The predicted molar refractivity (Wildman–Crippen MR) is 97.2 cm³/mol. The van der Waals surface area contributed by atoms with Gasteiger partial charge in [-0.25, -0.2) is 4.98 Å². The summed E-state index contributed by atoms with van der Waals surface area (Å²) in [7, 11) is 0. The van der Waals surface area contributed by atoms with Gasteiger partial charge in [0.15, 0.2) is 0 Å². The van der Waals surface area contributed by atoms with Crippen molar-refractivity contribution in [2.24, 2.45) is 0 Å². The molecular formula is C19H25N3O3. The van der Waals surface area contributed by atoms with Gasteiger partial charge in [0, 0.05) is 18.5 Å². The van der Waals surface area contributed by atoms with Crippen molar-refractivity contribution in [2.75, 3.05) is 19.7 Å². The topological polar surface area (TPSA) is 82.5 Å². The molecule has 1 aromatic heterocycles. The summed E-state index contributed by atoms with van der Waals surface area (Å²) in [6.07, 6.45) is 1.65. The SMILES string of the molecule is CCCN(CCC)C(=O)[C@H](CO)NC(=O)c1ccc2ccccc2n1. The van der Waals surface area contributed by atoms with Gasteiger partial charge in [-0.2, -0.15) is 0 Å². The van der Waals surface area contributed by atoms with E-state index < -0.39 is 18.6 Å². The van der Waals surface area contributed by atoms with Gasteiger partial charge in [0.25, 0.3) is 5.91 Å². The lowest BCUT2D eigenvalue weighted by Crippen LogP contribution is -2.51. The zero-order chi connectivity index (χ0) is 18.2. The smallest absolute Gasteiger partial charge is 0.270 e. The summed E-state index contributed by atoms with van der Waals surface area (Å²) in [5.74, 6) is -0.730. The van der Waals surface area contributed by atoms with Crippen LogP contribution in [0.5, 0.6) is 0 Å². The number of nitrogens with one attached hydrogen (secondary N) is 1. The van der Waals surface area contributed by atoms with Crippen molar-refractivity contribution in [3.8, 4) is 0 Å². The number of hydrogen-bond donors (Lipinski definition) is 2. The Morgan fingerprint density at radius 2 is 1.80 bits per heavy atom. The number of carbonyl (C=O) groups is 2. The van der Waals surface area contributed by atoms with E-state index in [1.807, 2.05) is 44.2 Å². The second kappa shape index (κ2) is 9.13. The molecule has 0 spiro atoms. The fraction of sp³-hybridized carbons (Fsp3) is 0.421. The van der Waals surface area contributed by atoms with Crippen LogP contribution in [0, 0.1) is 0 Å². The van der Waals surface area contributed by atoms with E-state index in [9.17, 15) is 14.7 Å². The monoisotopic (exact) mass is 343 g/mol. The highest BCUT2D eigenvalue weighted by Gasteiger charge is 2.25. The first kappa shape index (κ1) is 18.9. The lowest BCUT2D eigenvalue weighted by molar-refractivity contribution is -0.134. The number of nitrogens with zero attached hydrogens (tertiary/aromatic N) is 2. The van der Waals surface area contributed by atoms with Gasteiger partial charge < -0.3 is 15.3 Å². The fourth-order valence-corrected chi connectivity index (χ4v) is 2.70. The lowest BCUT2D eigenvalue weighted by atomic mass is 10.2. The standard InChI is InChI=1S/C19H25N3O3/c1-3-11-22(12-4-2)19(25)17(13-23)21-18(24)16-10-9-14-7-5-6-8-15(14)20-16/h5-10,17,23H,3-4,11-13H2,1-2H3,(H,21,24)/t17-/m0/s1. The van der Waals surface area contributed by atoms with Crippen molar-refractivity contribution in [3.05, 3.63) is 42.1 Å². The number of pyridine rings is 1. The van der Waals surface area contributed by atoms with Gasteiger partial charge in [0.2, 0.25) is 5.91 Å². The molecule has 0 aliphatic heterocycles. The Hall–Kier alpha value is -2.47. The van der Waals surface area contributed by atoms with Crippen LogP contribution in [-0.2, 0) is 4.79 Å². The van der Waals surface area contributed by atoms with Crippen LogP contribution in [0.2, 0.25) is 0 Å². The van der Waals surface area contributed by atoms with Crippen LogP contribution >= 0.6 is 0 Å². The lowest BCUT2D eigenvalue weighted by Gasteiger charge is -2.26. The molecule has 0 unspecified atom stereocenters. The minimum Gasteiger partial charge on any atom is -0.394 e. The van der Waals surface area contributed by atoms with Gasteiger partial charge in [-0.1, -0.05) is 38.1 Å². The average Bonchev–Trinajstić information content (AvgIpc) is 2.64. The maximum atomic E-state index is 12.6. The summed E-state index contributed by atoms with van der Waals surface area (Å²) in [4.78, 5) is 31.0. The minimum absolute atomic E-state index is 0.225. The zero-order valence-electron chi connectivity index (χ0n) is 14.7. The van der Waals surface area contributed by atoms with E-state index in [0.717, 1.165) is 18.2 Å². The first-order valence-electron chi connectivity index (χ1n) is 8.67. The Bertz CT molecular complexity index is 727. The van der Waals surface area contributed by atoms with Crippen LogP contribution in [0.4, 0.5) is 0 Å². The molecule has 2 aromatic rings. The molecule has 25 heavy (non-hydrogen) atoms. The molecule has 0 saturated heterocycles. The Balaban J connectivity index is 2.13. The Kier molecular flexibility index (Phi) is 6.89. The molecule has 0 fully saturated rings. The van der Waals surface area contributed by atoms with Gasteiger partial charge in [-0.15, -0.1) is 0 Å². The number of carbonyl (C=O) groups excluding carboxylic acids is 2. The third-order valence-electron chi connectivity index (χ3n) is 3.92. The number of amides is 2. The maximum Gasteiger partial charge on any atom is 0.270 e. The summed E-state index contributed by atoms with van der Waals surface area (Å²) in [6, 6.07) is 9.96. The van der Waals surface area contributed by atoms with Crippen LogP contribution in [0.1, 0.15) is 37.2 Å². The highest BCUT2D eigenvalue weighted by molar-refractivity contribution is 5.97. The van der Waals surface area contributed by atoms with Gasteiger partial charge in [0.1, 0.15) is 11.7 Å². The summed E-state index contributed by atoms with van der Waals surface area (Å²) in [5.41, 5.74) is 0.933. The van der Waals surface area contributed by atoms with Crippen LogP contribution in [0.3, 0.4) is 0 Å². The minimum atomic E-state index is -0.959. The Morgan fingerprint density at radius 3 is 2.44 bits per heavy atom. The molecule has 0 radical (unpaired) electrons. The van der Waals surface area contributed by atoms with Crippen LogP contribution < -0.4 is 5.32 Å². The molecule has 2 N–H and O–H groups in total. The molecule has 1 aromatic carbocycles. The van der Waals surface area contributed by atoms with Crippen molar-refractivity contribution in [1.82, 2.24) is 15.2 Å². The molecule has 2 amide bonds. The zero-order valence-corrected chi connectivity index (χ0v) is 14.7. The number of aliphatic hydroxyl groups is 1. The van der Waals surface area contributed by atoms with Crippen molar-refractivity contribution in [3.63, 3.8) is 0 Å². The number of benzene rings is 1. The predicted octanol–water partition coefficient (Wildman–Crippen LogP) is 1.97. The molecule has 0 aliphatic rings. The first-order valence-corrected chi connectivity index (χ1v) is 8.67. The molecule has 2 rings (SSSR count). The van der Waals surface area contributed by atoms with E-state index in [2.05, 4.69) is 10.3 Å². The van der Waals surface area contributed by atoms with Gasteiger partial charge in [0.05, 0.1) is 12.1 Å². The largest absolute Gasteiger partial charge is 0.394 e. The van der Waals surface area contributed by atoms with Crippen molar-refractivity contribution >= 4 is 22.7 Å². The van der Waals surface area contributed by atoms with E-state index in [-0.39, 0.29) is 11.6 Å².